The van der Waals surface area contributed by atoms with E-state index in [2.05, 4.69) is 22.0 Å². The first kappa shape index (κ1) is 23.8. The maximum absolute atomic E-state index is 14.2. The number of hydrogen-bond acceptors (Lipinski definition) is 6. The third-order valence-corrected chi connectivity index (χ3v) is 7.08. The molecule has 3 heterocycles. The van der Waals surface area contributed by atoms with Gasteiger partial charge in [-0.05, 0) is 49.7 Å². The fourth-order valence-corrected chi connectivity index (χ4v) is 4.88. The molecule has 2 saturated heterocycles. The number of quaternary nitrogens is 1. The van der Waals surface area contributed by atoms with Crippen LogP contribution in [0.1, 0.15) is 18.4 Å². The van der Waals surface area contributed by atoms with Crippen molar-refractivity contribution in [3.63, 3.8) is 0 Å². The van der Waals surface area contributed by atoms with Crippen LogP contribution in [0.3, 0.4) is 0 Å². The number of hydrogen-bond donors (Lipinski definition) is 3. The van der Waals surface area contributed by atoms with Crippen LogP contribution >= 0.6 is 0 Å². The molecule has 1 unspecified atom stereocenters. The molecule has 0 spiro atoms. The first-order chi connectivity index (χ1) is 15.9. The quantitative estimate of drug-likeness (QED) is 0.422. The Morgan fingerprint density at radius 3 is 2.48 bits per heavy atom. The van der Waals surface area contributed by atoms with Crippen LogP contribution in [0.25, 0.3) is 0 Å². The van der Waals surface area contributed by atoms with Crippen LogP contribution < -0.4 is 11.2 Å². The van der Waals surface area contributed by atoms with E-state index in [1.54, 1.807) is 12.1 Å². The fourth-order valence-electron chi connectivity index (χ4n) is 4.88. The minimum atomic E-state index is -0.309. The van der Waals surface area contributed by atoms with E-state index in [0.717, 1.165) is 38.0 Å². The number of likely N-dealkylation sites (N-methyl/N-ethyl adjacent to an activating group) is 1. The lowest BCUT2D eigenvalue weighted by Gasteiger charge is -2.39. The molecule has 0 aliphatic carbocycles. The summed E-state index contributed by atoms with van der Waals surface area (Å²) < 4.78 is 14.2. The molecule has 2 fully saturated rings. The van der Waals surface area contributed by atoms with Gasteiger partial charge in [0, 0.05) is 64.5 Å². The lowest BCUT2D eigenvalue weighted by Crippen LogP contribution is -2.74. The van der Waals surface area contributed by atoms with Crippen LogP contribution in [0.5, 0.6) is 0 Å². The lowest BCUT2D eigenvalue weighted by molar-refractivity contribution is -0.826. The Balaban J connectivity index is 1.22. The normalized spacial score (nSPS) is 23.2. The molecule has 33 heavy (non-hydrogen) atoms. The number of carbonyl (C=O) groups is 1. The van der Waals surface area contributed by atoms with E-state index in [-0.39, 0.29) is 23.8 Å². The van der Waals surface area contributed by atoms with Gasteiger partial charge < -0.3 is 15.5 Å². The molecule has 1 amide bonds. The van der Waals surface area contributed by atoms with Crippen molar-refractivity contribution >= 4 is 11.6 Å². The average molecular weight is 460 g/mol. The second-order valence-corrected chi connectivity index (χ2v) is 9.30. The molecular weight excluding hydrogens is 423 g/mol. The Labute approximate surface area is 195 Å². The minimum absolute atomic E-state index is 0.0745. The van der Waals surface area contributed by atoms with Crippen molar-refractivity contribution in [2.75, 3.05) is 52.9 Å². The molecule has 1 aromatic rings. The van der Waals surface area contributed by atoms with Crippen molar-refractivity contribution in [3.8, 4) is 0 Å². The van der Waals surface area contributed by atoms with Crippen LogP contribution in [0.15, 0.2) is 42.1 Å². The second-order valence-electron chi connectivity index (χ2n) is 9.30. The maximum atomic E-state index is 14.2. The number of carbonyl (C=O) groups excluding carboxylic acids is 1. The van der Waals surface area contributed by atoms with E-state index < -0.39 is 0 Å². The number of piperazine rings is 1. The number of benzene rings is 1. The zero-order chi connectivity index (χ0) is 23.4. The van der Waals surface area contributed by atoms with Crippen LogP contribution in [0, 0.1) is 11.7 Å². The van der Waals surface area contributed by atoms with Gasteiger partial charge in [-0.25, -0.2) is 9.60 Å². The maximum Gasteiger partial charge on any atom is 0.225 e. The van der Waals surface area contributed by atoms with E-state index in [4.69, 9.17) is 5.73 Å². The molecular formula is C24H36FN6O2+. The van der Waals surface area contributed by atoms with Crippen molar-refractivity contribution < 1.29 is 19.9 Å². The summed E-state index contributed by atoms with van der Waals surface area (Å²) >= 11 is 0. The number of amides is 1. The summed E-state index contributed by atoms with van der Waals surface area (Å²) in [4.78, 5) is 21.6. The van der Waals surface area contributed by atoms with E-state index in [1.807, 2.05) is 23.0 Å². The average Bonchev–Trinajstić information content (AvgIpc) is 2.83. The highest BCUT2D eigenvalue weighted by Crippen LogP contribution is 2.23. The van der Waals surface area contributed by atoms with Gasteiger partial charge in [0.2, 0.25) is 5.91 Å². The standard InChI is InChI=1S/C24H35FN6O2/c1-28-8-5-18(15-23(28)26)16-29-9-6-19(7-10-29)24(32)31-13-11-30(12-14-31)17-20-21(25)3-2-4-22(20)27-33/h2-5,8,15,19,23,27,33H,6-7,9-14,16-17,26H2,1H3/p+1. The minimum Gasteiger partial charge on any atom is -0.362 e. The van der Waals surface area contributed by atoms with Crippen molar-refractivity contribution in [1.29, 1.82) is 0 Å². The zero-order valence-electron chi connectivity index (χ0n) is 19.4. The van der Waals surface area contributed by atoms with Crippen LogP contribution in [-0.4, -0.2) is 89.7 Å². The number of rotatable bonds is 6. The van der Waals surface area contributed by atoms with Gasteiger partial charge in [0.05, 0.1) is 11.7 Å². The van der Waals surface area contributed by atoms with E-state index in [9.17, 15) is 14.4 Å². The molecule has 9 heteroatoms. The molecule has 3 aliphatic heterocycles. The summed E-state index contributed by atoms with van der Waals surface area (Å²) in [5, 5.41) is 9.38. The highest BCUT2D eigenvalue weighted by molar-refractivity contribution is 5.79. The SMILES string of the molecule is CN1C=CC(CN2CCC(C(=O)N3CCN(Cc4c(F)cccc4[NH2+]O)CC3)CC2)=CC1N. The van der Waals surface area contributed by atoms with Crippen LogP contribution in [0.2, 0.25) is 0 Å². The number of likely N-dealkylation sites (tertiary alicyclic amines) is 1. The number of piperidine rings is 1. The van der Waals surface area contributed by atoms with Gasteiger partial charge >= 0.3 is 0 Å². The van der Waals surface area contributed by atoms with Gasteiger partial charge in [-0.15, -0.1) is 0 Å². The summed E-state index contributed by atoms with van der Waals surface area (Å²) in [6, 6.07) is 4.72. The molecule has 1 aromatic carbocycles. The molecule has 0 radical (unpaired) electrons. The van der Waals surface area contributed by atoms with Crippen molar-refractivity contribution in [3.05, 3.63) is 53.5 Å². The van der Waals surface area contributed by atoms with Crippen LogP contribution in [-0.2, 0) is 11.3 Å². The third-order valence-electron chi connectivity index (χ3n) is 7.08. The highest BCUT2D eigenvalue weighted by Gasteiger charge is 2.31. The van der Waals surface area contributed by atoms with Gasteiger partial charge in [-0.1, -0.05) is 6.07 Å². The summed E-state index contributed by atoms with van der Waals surface area (Å²) in [7, 11) is 1.97. The Kier molecular flexibility index (Phi) is 7.77. The van der Waals surface area contributed by atoms with Gasteiger partial charge in [0.25, 0.3) is 0 Å². The van der Waals surface area contributed by atoms with Gasteiger partial charge in [0.15, 0.2) is 5.69 Å². The molecule has 0 bridgehead atoms. The van der Waals surface area contributed by atoms with Crippen molar-refractivity contribution in [2.24, 2.45) is 11.7 Å². The molecule has 1 atom stereocenters. The molecule has 5 N–H and O–H groups in total. The Hall–Kier alpha value is -2.30. The largest absolute Gasteiger partial charge is 0.362 e. The smallest absolute Gasteiger partial charge is 0.225 e. The van der Waals surface area contributed by atoms with Gasteiger partial charge in [-0.2, -0.15) is 5.48 Å². The number of halogens is 1. The van der Waals surface area contributed by atoms with Gasteiger partial charge in [0.1, 0.15) is 5.82 Å². The highest BCUT2D eigenvalue weighted by atomic mass is 19.1. The molecule has 0 saturated carbocycles. The predicted octanol–water partition coefficient (Wildman–Crippen LogP) is 0.436. The first-order valence-corrected chi connectivity index (χ1v) is 11.8. The second kappa shape index (κ2) is 10.8. The monoisotopic (exact) mass is 459 g/mol. The summed E-state index contributed by atoms with van der Waals surface area (Å²) in [5.41, 5.74) is 9.29. The molecule has 8 nitrogen and oxygen atoms in total. The molecule has 3 aliphatic rings. The topological polar surface area (TPSA) is 92.9 Å². The Morgan fingerprint density at radius 1 is 1.12 bits per heavy atom. The van der Waals surface area contributed by atoms with Crippen molar-refractivity contribution in [1.82, 2.24) is 19.6 Å². The molecule has 4 rings (SSSR count). The molecule has 180 valence electrons. The summed E-state index contributed by atoms with van der Waals surface area (Å²) in [5.74, 6) is 0.0285. The summed E-state index contributed by atoms with van der Waals surface area (Å²) in [6.45, 7) is 5.88. The van der Waals surface area contributed by atoms with E-state index in [0.29, 0.717) is 44.0 Å². The third kappa shape index (κ3) is 5.80. The Morgan fingerprint density at radius 2 is 1.82 bits per heavy atom. The zero-order valence-corrected chi connectivity index (χ0v) is 19.4. The lowest BCUT2D eigenvalue weighted by atomic mass is 9.94. The van der Waals surface area contributed by atoms with E-state index in [1.165, 1.54) is 11.6 Å². The molecule has 0 aromatic heterocycles. The van der Waals surface area contributed by atoms with Crippen molar-refractivity contribution in [2.45, 2.75) is 25.6 Å². The van der Waals surface area contributed by atoms with Crippen LogP contribution in [0.4, 0.5) is 10.1 Å². The Bertz CT molecular complexity index is 891. The number of nitrogens with zero attached hydrogens (tertiary/aromatic N) is 4. The fraction of sp³-hybridized carbons (Fsp3) is 0.542. The summed E-state index contributed by atoms with van der Waals surface area (Å²) in [6.07, 6.45) is 7.92. The predicted molar refractivity (Wildman–Crippen MR) is 124 cm³/mol. The number of nitrogens with two attached hydrogens (primary N) is 2. The van der Waals surface area contributed by atoms with Gasteiger partial charge in [-0.3, -0.25) is 14.6 Å². The first-order valence-electron chi connectivity index (χ1n) is 11.8. The van der Waals surface area contributed by atoms with E-state index >= 15 is 0 Å².